The zero-order valence-electron chi connectivity index (χ0n) is 16.0. The minimum atomic E-state index is -4.33. The van der Waals surface area contributed by atoms with Gasteiger partial charge in [0.1, 0.15) is 5.01 Å². The Morgan fingerprint density at radius 3 is 2.50 bits per heavy atom. The standard InChI is InChI=1S/C22H20BrF3N2OS/c23-18-3-1-2-17(12-18)21(8-10-29-11-9-21)27-13-19-14-30-20(28-19)15-4-6-16(7-5-15)22(24,25)26/h1-7,12,14,27H,8-11,13H2. The lowest BCUT2D eigenvalue weighted by Gasteiger charge is -2.39. The van der Waals surface area contributed by atoms with Crippen LogP contribution in [0.15, 0.2) is 58.4 Å². The maximum Gasteiger partial charge on any atom is 0.416 e. The molecule has 0 amide bonds. The largest absolute Gasteiger partial charge is 0.416 e. The predicted octanol–water partition coefficient (Wildman–Crippen LogP) is 6.39. The first-order valence-electron chi connectivity index (χ1n) is 9.57. The van der Waals surface area contributed by atoms with Crippen LogP contribution in [0.25, 0.3) is 10.6 Å². The van der Waals surface area contributed by atoms with Gasteiger partial charge in [-0.25, -0.2) is 4.98 Å². The quantitative estimate of drug-likeness (QED) is 0.444. The van der Waals surface area contributed by atoms with E-state index in [1.807, 2.05) is 17.5 Å². The second-order valence-corrected chi connectivity index (χ2v) is 9.05. The van der Waals surface area contributed by atoms with E-state index in [0.29, 0.717) is 30.3 Å². The molecular formula is C22H20BrF3N2OS. The lowest BCUT2D eigenvalue weighted by Crippen LogP contribution is -2.46. The van der Waals surface area contributed by atoms with E-state index in [1.165, 1.54) is 29.0 Å². The van der Waals surface area contributed by atoms with Gasteiger partial charge in [-0.1, -0.05) is 40.2 Å². The van der Waals surface area contributed by atoms with E-state index < -0.39 is 11.7 Å². The van der Waals surface area contributed by atoms with Gasteiger partial charge in [0.2, 0.25) is 0 Å². The summed E-state index contributed by atoms with van der Waals surface area (Å²) in [5.41, 5.74) is 1.92. The Kier molecular flexibility index (Phi) is 6.29. The second kappa shape index (κ2) is 8.78. The summed E-state index contributed by atoms with van der Waals surface area (Å²) in [7, 11) is 0. The van der Waals surface area contributed by atoms with Crippen LogP contribution in [-0.4, -0.2) is 18.2 Å². The Labute approximate surface area is 185 Å². The topological polar surface area (TPSA) is 34.2 Å². The molecule has 0 spiro atoms. The molecule has 158 valence electrons. The number of thiazole rings is 1. The van der Waals surface area contributed by atoms with E-state index in [0.717, 1.165) is 35.1 Å². The monoisotopic (exact) mass is 496 g/mol. The minimum Gasteiger partial charge on any atom is -0.381 e. The summed E-state index contributed by atoms with van der Waals surface area (Å²) in [6, 6.07) is 13.4. The van der Waals surface area contributed by atoms with Crippen LogP contribution < -0.4 is 5.32 Å². The summed E-state index contributed by atoms with van der Waals surface area (Å²) in [4.78, 5) is 4.63. The molecule has 3 nitrogen and oxygen atoms in total. The highest BCUT2D eigenvalue weighted by Gasteiger charge is 2.34. The third-order valence-electron chi connectivity index (χ3n) is 5.34. The SMILES string of the molecule is FC(F)(F)c1ccc(-c2nc(CNC3(c4cccc(Br)c4)CCOCC3)cs2)cc1. The normalized spacial score (nSPS) is 16.5. The van der Waals surface area contributed by atoms with Crippen LogP contribution in [0.5, 0.6) is 0 Å². The molecular weight excluding hydrogens is 477 g/mol. The lowest BCUT2D eigenvalue weighted by atomic mass is 9.82. The van der Waals surface area contributed by atoms with Gasteiger partial charge in [-0.05, 0) is 42.7 Å². The Morgan fingerprint density at radius 2 is 1.83 bits per heavy atom. The first-order valence-corrected chi connectivity index (χ1v) is 11.2. The van der Waals surface area contributed by atoms with Gasteiger partial charge in [0.25, 0.3) is 0 Å². The summed E-state index contributed by atoms with van der Waals surface area (Å²) in [6.45, 7) is 1.95. The highest BCUT2D eigenvalue weighted by atomic mass is 79.9. The molecule has 1 fully saturated rings. The fourth-order valence-corrected chi connectivity index (χ4v) is 4.88. The van der Waals surface area contributed by atoms with Gasteiger partial charge in [-0.3, -0.25) is 0 Å². The molecule has 1 aromatic heterocycles. The van der Waals surface area contributed by atoms with Crippen molar-refractivity contribution in [2.75, 3.05) is 13.2 Å². The first-order chi connectivity index (χ1) is 14.4. The molecule has 1 N–H and O–H groups in total. The molecule has 30 heavy (non-hydrogen) atoms. The number of nitrogens with one attached hydrogen (secondary N) is 1. The van der Waals surface area contributed by atoms with Crippen molar-refractivity contribution >= 4 is 27.3 Å². The second-order valence-electron chi connectivity index (χ2n) is 7.28. The van der Waals surface area contributed by atoms with Gasteiger partial charge < -0.3 is 10.1 Å². The van der Waals surface area contributed by atoms with Crippen molar-refractivity contribution in [2.24, 2.45) is 0 Å². The van der Waals surface area contributed by atoms with Crippen molar-refractivity contribution in [1.82, 2.24) is 10.3 Å². The average Bonchev–Trinajstić information content (AvgIpc) is 3.22. The third-order valence-corrected chi connectivity index (χ3v) is 6.78. The van der Waals surface area contributed by atoms with Crippen molar-refractivity contribution in [3.63, 3.8) is 0 Å². The van der Waals surface area contributed by atoms with Gasteiger partial charge in [-0.2, -0.15) is 13.2 Å². The van der Waals surface area contributed by atoms with Crippen molar-refractivity contribution in [3.8, 4) is 10.6 Å². The van der Waals surface area contributed by atoms with Gasteiger partial charge in [-0.15, -0.1) is 11.3 Å². The molecule has 0 atom stereocenters. The summed E-state index contributed by atoms with van der Waals surface area (Å²) in [6.07, 6.45) is -2.61. The van der Waals surface area contributed by atoms with E-state index in [9.17, 15) is 13.2 Å². The van der Waals surface area contributed by atoms with Crippen LogP contribution in [0.1, 0.15) is 29.7 Å². The van der Waals surface area contributed by atoms with Crippen LogP contribution in [-0.2, 0) is 23.0 Å². The molecule has 1 aliphatic rings. The average molecular weight is 497 g/mol. The Balaban J connectivity index is 1.50. The third kappa shape index (κ3) is 4.77. The summed E-state index contributed by atoms with van der Waals surface area (Å²) >= 11 is 4.99. The number of nitrogens with zero attached hydrogens (tertiary/aromatic N) is 1. The maximum absolute atomic E-state index is 12.8. The van der Waals surface area contributed by atoms with Crippen LogP contribution in [0, 0.1) is 0 Å². The van der Waals surface area contributed by atoms with Gasteiger partial charge in [0, 0.05) is 40.7 Å². The Hall–Kier alpha value is -1.74. The zero-order valence-corrected chi connectivity index (χ0v) is 18.4. The fraction of sp³-hybridized carbons (Fsp3) is 0.318. The van der Waals surface area contributed by atoms with E-state index in [-0.39, 0.29) is 5.54 Å². The predicted molar refractivity (Wildman–Crippen MR) is 115 cm³/mol. The molecule has 0 radical (unpaired) electrons. The van der Waals surface area contributed by atoms with Crippen LogP contribution in [0.4, 0.5) is 13.2 Å². The van der Waals surface area contributed by atoms with Crippen LogP contribution >= 0.6 is 27.3 Å². The molecule has 8 heteroatoms. The van der Waals surface area contributed by atoms with Crippen molar-refractivity contribution in [2.45, 2.75) is 31.1 Å². The highest BCUT2D eigenvalue weighted by molar-refractivity contribution is 9.10. The minimum absolute atomic E-state index is 0.194. The molecule has 2 aromatic carbocycles. The number of hydrogen-bond acceptors (Lipinski definition) is 4. The number of benzene rings is 2. The van der Waals surface area contributed by atoms with Gasteiger partial charge in [0.05, 0.1) is 11.3 Å². The number of ether oxygens (including phenoxy) is 1. The zero-order chi connectivity index (χ0) is 21.2. The molecule has 0 saturated carbocycles. The first kappa shape index (κ1) is 21.5. The van der Waals surface area contributed by atoms with E-state index in [1.54, 1.807) is 0 Å². The number of rotatable bonds is 5. The van der Waals surface area contributed by atoms with Crippen molar-refractivity contribution in [3.05, 3.63) is 75.2 Å². The molecule has 4 rings (SSSR count). The molecule has 0 unspecified atom stereocenters. The van der Waals surface area contributed by atoms with Gasteiger partial charge in [0.15, 0.2) is 0 Å². The van der Waals surface area contributed by atoms with Crippen LogP contribution in [0.3, 0.4) is 0 Å². The lowest BCUT2D eigenvalue weighted by molar-refractivity contribution is -0.137. The van der Waals surface area contributed by atoms with Crippen LogP contribution in [0.2, 0.25) is 0 Å². The molecule has 2 heterocycles. The summed E-state index contributed by atoms with van der Waals surface area (Å²) in [5.74, 6) is 0. The van der Waals surface area contributed by atoms with Crippen molar-refractivity contribution < 1.29 is 17.9 Å². The fourth-order valence-electron chi connectivity index (χ4n) is 3.66. The Morgan fingerprint density at radius 1 is 1.10 bits per heavy atom. The van der Waals surface area contributed by atoms with Gasteiger partial charge >= 0.3 is 6.18 Å². The summed E-state index contributed by atoms with van der Waals surface area (Å²) < 4.78 is 44.9. The number of aromatic nitrogens is 1. The van der Waals surface area contributed by atoms with Crippen molar-refractivity contribution in [1.29, 1.82) is 0 Å². The smallest absolute Gasteiger partial charge is 0.381 e. The molecule has 1 saturated heterocycles. The Bertz CT molecular complexity index is 998. The molecule has 1 aliphatic heterocycles. The van der Waals surface area contributed by atoms with E-state index in [2.05, 4.69) is 38.4 Å². The molecule has 0 aliphatic carbocycles. The van der Waals surface area contributed by atoms with E-state index in [4.69, 9.17) is 4.74 Å². The number of hydrogen-bond donors (Lipinski definition) is 1. The summed E-state index contributed by atoms with van der Waals surface area (Å²) in [5, 5.41) is 6.35. The molecule has 0 bridgehead atoms. The number of alkyl halides is 3. The highest BCUT2D eigenvalue weighted by Crippen LogP contribution is 2.35. The molecule has 3 aromatic rings. The van der Waals surface area contributed by atoms with E-state index >= 15 is 0 Å². The number of halogens is 4. The maximum atomic E-state index is 12.8.